The zero-order valence-electron chi connectivity index (χ0n) is 9.63. The molecule has 1 fully saturated rings. The Hall–Kier alpha value is -1.63. The number of rotatable bonds is 4. The summed E-state index contributed by atoms with van der Waals surface area (Å²) < 4.78 is 26.9. The molecule has 2 rings (SSSR count). The molecular formula is C13H14F2N2. The molecule has 1 saturated carbocycles. The number of nitrogens with one attached hydrogen (secondary N) is 1. The van der Waals surface area contributed by atoms with Gasteiger partial charge >= 0.3 is 0 Å². The van der Waals surface area contributed by atoms with E-state index in [0.717, 1.165) is 12.3 Å². The van der Waals surface area contributed by atoms with Gasteiger partial charge in [0.1, 0.15) is 6.07 Å². The van der Waals surface area contributed by atoms with E-state index in [1.54, 1.807) is 6.07 Å². The minimum absolute atomic E-state index is 0.115. The van der Waals surface area contributed by atoms with Crippen molar-refractivity contribution in [2.24, 2.45) is 5.92 Å². The van der Waals surface area contributed by atoms with Crippen LogP contribution in [0.1, 0.15) is 31.7 Å². The molecule has 0 spiro atoms. The average molecular weight is 236 g/mol. The third kappa shape index (κ3) is 2.73. The van der Waals surface area contributed by atoms with Crippen molar-refractivity contribution < 1.29 is 8.78 Å². The van der Waals surface area contributed by atoms with E-state index in [2.05, 4.69) is 5.32 Å². The second-order valence-corrected chi connectivity index (χ2v) is 4.62. The van der Waals surface area contributed by atoms with Gasteiger partial charge in [0, 0.05) is 6.04 Å². The van der Waals surface area contributed by atoms with Gasteiger partial charge < -0.3 is 5.32 Å². The fourth-order valence-electron chi connectivity index (χ4n) is 1.93. The Morgan fingerprint density at radius 2 is 2.12 bits per heavy atom. The van der Waals surface area contributed by atoms with Gasteiger partial charge in [-0.15, -0.1) is 0 Å². The number of nitriles is 1. The summed E-state index contributed by atoms with van der Waals surface area (Å²) in [6.45, 7) is 1.95. The first-order valence-electron chi connectivity index (χ1n) is 5.76. The zero-order chi connectivity index (χ0) is 12.4. The Labute approximate surface area is 99.3 Å². The highest BCUT2D eigenvalue weighted by Crippen LogP contribution is 2.34. The van der Waals surface area contributed by atoms with E-state index in [1.807, 2.05) is 6.92 Å². The predicted molar refractivity (Wildman–Crippen MR) is 61.5 cm³/mol. The van der Waals surface area contributed by atoms with Crippen molar-refractivity contribution in [2.75, 3.05) is 5.32 Å². The van der Waals surface area contributed by atoms with Gasteiger partial charge in [-0.2, -0.15) is 5.26 Å². The fraction of sp³-hybridized carbons (Fsp3) is 0.462. The third-order valence-electron chi connectivity index (χ3n) is 2.99. The Morgan fingerprint density at radius 3 is 2.71 bits per heavy atom. The van der Waals surface area contributed by atoms with Crippen LogP contribution in [-0.2, 0) is 0 Å². The molecule has 0 aliphatic heterocycles. The molecule has 90 valence electrons. The molecule has 1 aliphatic rings. The van der Waals surface area contributed by atoms with Gasteiger partial charge in [0.2, 0.25) is 0 Å². The predicted octanol–water partition coefficient (Wildman–Crippen LogP) is 3.44. The van der Waals surface area contributed by atoms with E-state index >= 15 is 0 Å². The molecule has 0 aromatic heterocycles. The molecule has 1 aromatic carbocycles. The third-order valence-corrected chi connectivity index (χ3v) is 2.99. The van der Waals surface area contributed by atoms with Crippen LogP contribution in [-0.4, -0.2) is 6.04 Å². The van der Waals surface area contributed by atoms with Crippen LogP contribution in [0.2, 0.25) is 0 Å². The summed E-state index contributed by atoms with van der Waals surface area (Å²) in [6.07, 6.45) is 3.44. The number of halogens is 2. The summed E-state index contributed by atoms with van der Waals surface area (Å²) in [5.41, 5.74) is -0.127. The number of hydrogen-bond acceptors (Lipinski definition) is 2. The lowest BCUT2D eigenvalue weighted by Crippen LogP contribution is -2.17. The van der Waals surface area contributed by atoms with Crippen molar-refractivity contribution in [2.45, 2.75) is 32.2 Å². The topological polar surface area (TPSA) is 35.8 Å². The Morgan fingerprint density at radius 1 is 1.41 bits per heavy atom. The molecule has 2 nitrogen and oxygen atoms in total. The average Bonchev–Trinajstić information content (AvgIpc) is 3.09. The molecule has 0 saturated heterocycles. The SMILES string of the molecule is CC(CC1CC1)Nc1ccc(C#N)c(F)c1F. The van der Waals surface area contributed by atoms with E-state index in [4.69, 9.17) is 5.26 Å². The molecule has 1 N–H and O–H groups in total. The first-order chi connectivity index (χ1) is 8.11. The van der Waals surface area contributed by atoms with Crippen LogP contribution >= 0.6 is 0 Å². The minimum Gasteiger partial charge on any atom is -0.380 e. The molecule has 0 amide bonds. The van der Waals surface area contributed by atoms with Gasteiger partial charge in [0.15, 0.2) is 11.6 Å². The van der Waals surface area contributed by atoms with Gasteiger partial charge in [-0.05, 0) is 31.4 Å². The molecule has 4 heteroatoms. The monoisotopic (exact) mass is 236 g/mol. The smallest absolute Gasteiger partial charge is 0.183 e. The Balaban J connectivity index is 2.10. The Bertz CT molecular complexity index is 461. The molecular weight excluding hydrogens is 222 g/mol. The largest absolute Gasteiger partial charge is 0.380 e. The fourth-order valence-corrected chi connectivity index (χ4v) is 1.93. The van der Waals surface area contributed by atoms with Gasteiger partial charge in [-0.25, -0.2) is 8.78 Å². The van der Waals surface area contributed by atoms with Crippen molar-refractivity contribution in [1.29, 1.82) is 5.26 Å². The summed E-state index contributed by atoms with van der Waals surface area (Å²) in [5, 5.41) is 11.5. The molecule has 1 atom stereocenters. The van der Waals surface area contributed by atoms with Crippen LogP contribution in [0.15, 0.2) is 12.1 Å². The van der Waals surface area contributed by atoms with Gasteiger partial charge in [-0.3, -0.25) is 0 Å². The highest BCUT2D eigenvalue weighted by atomic mass is 19.2. The maximum absolute atomic E-state index is 13.6. The molecule has 1 unspecified atom stereocenters. The summed E-state index contributed by atoms with van der Waals surface area (Å²) in [6, 6.07) is 4.44. The van der Waals surface area contributed by atoms with E-state index < -0.39 is 11.6 Å². The van der Waals surface area contributed by atoms with E-state index in [0.29, 0.717) is 0 Å². The van der Waals surface area contributed by atoms with Crippen molar-refractivity contribution in [1.82, 2.24) is 0 Å². The standard InChI is InChI=1S/C13H14F2N2/c1-8(6-9-2-3-9)17-11-5-4-10(7-16)12(14)13(11)15/h4-5,8-9,17H,2-3,6H2,1H3. The highest BCUT2D eigenvalue weighted by Gasteiger charge is 2.24. The number of hydrogen-bond donors (Lipinski definition) is 1. The minimum atomic E-state index is -1.07. The molecule has 0 radical (unpaired) electrons. The summed E-state index contributed by atoms with van der Waals surface area (Å²) >= 11 is 0. The second kappa shape index (κ2) is 4.70. The second-order valence-electron chi connectivity index (χ2n) is 4.62. The van der Waals surface area contributed by atoms with Gasteiger partial charge in [0.25, 0.3) is 0 Å². The van der Waals surface area contributed by atoms with Crippen molar-refractivity contribution in [3.8, 4) is 6.07 Å². The quantitative estimate of drug-likeness (QED) is 0.869. The van der Waals surface area contributed by atoms with Crippen LogP contribution in [0.5, 0.6) is 0 Å². The van der Waals surface area contributed by atoms with Crippen LogP contribution < -0.4 is 5.32 Å². The highest BCUT2D eigenvalue weighted by molar-refractivity contribution is 5.50. The lowest BCUT2D eigenvalue weighted by atomic mass is 10.1. The van der Waals surface area contributed by atoms with Crippen LogP contribution in [0.4, 0.5) is 14.5 Å². The summed E-state index contributed by atoms with van der Waals surface area (Å²) in [7, 11) is 0. The molecule has 17 heavy (non-hydrogen) atoms. The molecule has 0 heterocycles. The zero-order valence-corrected chi connectivity index (χ0v) is 9.63. The number of anilines is 1. The maximum atomic E-state index is 13.6. The van der Waals surface area contributed by atoms with Gasteiger partial charge in [0.05, 0.1) is 11.3 Å². The summed E-state index contributed by atoms with van der Waals surface area (Å²) in [5.74, 6) is -1.31. The van der Waals surface area contributed by atoms with Crippen molar-refractivity contribution in [3.05, 3.63) is 29.3 Å². The van der Waals surface area contributed by atoms with Crippen molar-refractivity contribution >= 4 is 5.69 Å². The lowest BCUT2D eigenvalue weighted by molar-refractivity contribution is 0.506. The van der Waals surface area contributed by atoms with Crippen LogP contribution in [0.3, 0.4) is 0 Å². The first-order valence-corrected chi connectivity index (χ1v) is 5.76. The van der Waals surface area contributed by atoms with E-state index in [1.165, 1.54) is 25.0 Å². The van der Waals surface area contributed by atoms with E-state index in [-0.39, 0.29) is 17.3 Å². The number of benzene rings is 1. The first kappa shape index (κ1) is 11.8. The lowest BCUT2D eigenvalue weighted by Gasteiger charge is -2.15. The molecule has 1 aliphatic carbocycles. The molecule has 1 aromatic rings. The van der Waals surface area contributed by atoms with E-state index in [9.17, 15) is 8.78 Å². The number of nitrogens with zero attached hydrogens (tertiary/aromatic N) is 1. The normalized spacial score (nSPS) is 16.4. The van der Waals surface area contributed by atoms with Crippen LogP contribution in [0, 0.1) is 28.9 Å². The van der Waals surface area contributed by atoms with Crippen molar-refractivity contribution in [3.63, 3.8) is 0 Å². The summed E-state index contributed by atoms with van der Waals surface area (Å²) in [4.78, 5) is 0. The maximum Gasteiger partial charge on any atom is 0.183 e. The van der Waals surface area contributed by atoms with Crippen LogP contribution in [0.25, 0.3) is 0 Å². The Kier molecular flexibility index (Phi) is 3.28. The van der Waals surface area contributed by atoms with Gasteiger partial charge in [-0.1, -0.05) is 12.8 Å². The molecule has 0 bridgehead atoms.